The van der Waals surface area contributed by atoms with Crippen molar-refractivity contribution in [3.05, 3.63) is 233 Å². The molecular weight excluding hydrogens is 1310 g/mol. The van der Waals surface area contributed by atoms with Crippen molar-refractivity contribution in [1.29, 1.82) is 0 Å². The van der Waals surface area contributed by atoms with Crippen LogP contribution in [0.5, 0.6) is 0 Å². The molecule has 6 aromatic rings. The predicted octanol–water partition coefficient (Wildman–Crippen LogP) is 7.93. The van der Waals surface area contributed by atoms with E-state index in [9.17, 15) is 63.4 Å². The molecule has 6 heterocycles. The molecule has 0 saturated carbocycles. The molecule has 0 unspecified atom stereocenters. The Bertz CT molecular complexity index is 4030. The highest BCUT2D eigenvalue weighted by Crippen LogP contribution is 2.35. The minimum Gasteiger partial charge on any atom is -0.453 e. The van der Waals surface area contributed by atoms with Crippen molar-refractivity contribution in [2.75, 3.05) is 39.6 Å². The number of carbonyl (C=O) groups is 9. The average molecular weight is 1380 g/mol. The van der Waals surface area contributed by atoms with Crippen LogP contribution >= 0.6 is 0 Å². The fourth-order valence-electron chi connectivity index (χ4n) is 11.8. The van der Waals surface area contributed by atoms with E-state index in [4.69, 9.17) is 56.8 Å². The van der Waals surface area contributed by atoms with Gasteiger partial charge in [0.15, 0.2) is 54.0 Å². The topological polar surface area (TPSA) is 369 Å². The highest BCUT2D eigenvalue weighted by molar-refractivity contribution is 6.07. The molecule has 100 heavy (non-hydrogen) atoms. The molecule has 0 bridgehead atoms. The maximum absolute atomic E-state index is 12.7. The summed E-state index contributed by atoms with van der Waals surface area (Å²) in [5, 5.41) is 19.0. The quantitative estimate of drug-likeness (QED) is 0.0204. The summed E-state index contributed by atoms with van der Waals surface area (Å²) in [5.41, 5.74) is 3.95. The molecule has 12 atom stereocenters. The van der Waals surface area contributed by atoms with Gasteiger partial charge in [-0.2, -0.15) is 0 Å². The number of nitrogens with zero attached hydrogens (tertiary/aromatic N) is 2. The Kier molecular flexibility index (Phi) is 24.8. The van der Waals surface area contributed by atoms with E-state index in [2.05, 4.69) is 9.68 Å². The molecule has 6 saturated heterocycles. The Balaban J connectivity index is 0.000000174. The fraction of sp³-hybridized carbons (Fsp3) is 0.366. The first-order valence-corrected chi connectivity index (χ1v) is 31.2. The second-order valence-electron chi connectivity index (χ2n) is 23.2. The van der Waals surface area contributed by atoms with Gasteiger partial charge >= 0.3 is 35.8 Å². The lowest BCUT2D eigenvalue weighted by molar-refractivity contribution is -0.763. The molecule has 0 radical (unpaired) electrons. The zero-order valence-corrected chi connectivity index (χ0v) is 53.6. The average Bonchev–Trinajstić information content (AvgIpc) is 1.65. The Morgan fingerprint density at radius 1 is 0.360 bits per heavy atom. The molecule has 0 aromatic heterocycles. The molecule has 0 N–H and O–H groups in total. The van der Waals surface area contributed by atoms with Gasteiger partial charge < -0.3 is 66.5 Å². The lowest BCUT2D eigenvalue weighted by Crippen LogP contribution is -2.36. The van der Waals surface area contributed by atoms with Crippen molar-refractivity contribution in [1.82, 2.24) is 0 Å². The van der Waals surface area contributed by atoms with Crippen molar-refractivity contribution in [2.45, 2.75) is 128 Å². The molecule has 6 aliphatic heterocycles. The number of fused-ring (bicyclic) bond motifs is 3. The maximum Gasteiger partial charge on any atom is 0.339 e. The third kappa shape index (κ3) is 17.8. The van der Waals surface area contributed by atoms with Gasteiger partial charge in [-0.05, 0) is 92.4 Å². The Labute approximate surface area is 571 Å². The first-order chi connectivity index (χ1) is 47.6. The normalized spacial score (nSPS) is 23.3. The molecule has 526 valence electrons. The SMILES string of the molecule is C.CC(=O)c1ccccc1C(=O)O[C@H]1CO[C@H]2[C@@H]1OC[C@H]2OC(=O)c1cccc(CO[N+](=O)[O-])c1.CC(=O)c1ccccc1C(=O)O[C@H]1CO[C@H]2[C@@H]1OC[C@H]2OC(=O)c1ccccc1CO[N+](=O)[O-].CCc1ccc(C(=O)O[C@@H]2CO[C@H]3[C@@H]2OC[C@@H]3OC(=O)c2ccccc2C(C)=O)cc1. The van der Waals surface area contributed by atoms with Crippen molar-refractivity contribution in [3.63, 3.8) is 0 Å². The lowest BCUT2D eigenvalue weighted by Gasteiger charge is -2.18. The van der Waals surface area contributed by atoms with E-state index in [0.717, 1.165) is 12.0 Å². The number of rotatable bonds is 22. The summed E-state index contributed by atoms with van der Waals surface area (Å²) in [5.74, 6) is -4.51. The number of aryl methyl sites for hydroxylation is 1. The number of benzene rings is 6. The second-order valence-corrected chi connectivity index (χ2v) is 23.2. The molecule has 29 nitrogen and oxygen atoms in total. The molecular formula is C71H70N2O27. The highest BCUT2D eigenvalue weighted by Gasteiger charge is 2.54. The predicted molar refractivity (Wildman–Crippen MR) is 342 cm³/mol. The summed E-state index contributed by atoms with van der Waals surface area (Å²) in [6.45, 7) is 5.90. The van der Waals surface area contributed by atoms with Gasteiger partial charge in [-0.25, -0.2) is 28.8 Å². The van der Waals surface area contributed by atoms with Crippen LogP contribution in [-0.4, -0.2) is 176 Å². The van der Waals surface area contributed by atoms with Crippen LogP contribution in [0.4, 0.5) is 0 Å². The number of carbonyl (C=O) groups excluding carboxylic acids is 9. The van der Waals surface area contributed by atoms with Crippen LogP contribution in [-0.2, 0) is 86.2 Å². The molecule has 6 aliphatic rings. The minimum atomic E-state index is -0.944. The van der Waals surface area contributed by atoms with Crippen molar-refractivity contribution in [2.24, 2.45) is 0 Å². The van der Waals surface area contributed by atoms with Crippen molar-refractivity contribution >= 4 is 53.2 Å². The van der Waals surface area contributed by atoms with Crippen molar-refractivity contribution < 1.29 is 120 Å². The van der Waals surface area contributed by atoms with Gasteiger partial charge in [-0.3, -0.25) is 14.4 Å². The van der Waals surface area contributed by atoms with Crippen LogP contribution in [0.3, 0.4) is 0 Å². The van der Waals surface area contributed by atoms with E-state index in [-0.39, 0.29) is 110 Å². The number of hydrogen-bond donors (Lipinski definition) is 0. The van der Waals surface area contributed by atoms with Gasteiger partial charge in [-0.15, -0.1) is 20.2 Å². The third-order valence-electron chi connectivity index (χ3n) is 16.7. The van der Waals surface area contributed by atoms with Gasteiger partial charge in [0.2, 0.25) is 0 Å². The summed E-state index contributed by atoms with van der Waals surface area (Å²) < 4.78 is 67.7. The Hall–Kier alpha value is -10.7. The van der Waals surface area contributed by atoms with Gasteiger partial charge in [-0.1, -0.05) is 111 Å². The number of ether oxygens (including phenoxy) is 12. The molecule has 0 spiro atoms. The van der Waals surface area contributed by atoms with Crippen LogP contribution in [0.25, 0.3) is 0 Å². The number of Topliss-reactive ketones (excluding diaryl/α,β-unsaturated/α-hetero) is 3. The molecule has 6 fully saturated rings. The first-order valence-electron chi connectivity index (χ1n) is 31.2. The van der Waals surface area contributed by atoms with Gasteiger partial charge in [0.1, 0.15) is 49.8 Å². The largest absolute Gasteiger partial charge is 0.453 e. The minimum absolute atomic E-state index is 0. The van der Waals surface area contributed by atoms with E-state index in [1.165, 1.54) is 57.2 Å². The molecule has 12 rings (SSSR count). The summed E-state index contributed by atoms with van der Waals surface area (Å²) in [4.78, 5) is 141. The number of ketones is 3. The monoisotopic (exact) mass is 1380 g/mol. The number of esters is 6. The standard InChI is InChI=1S/C24H24O7.2C23H21NO10.CH4/c1-3-15-8-10-16(11-9-15)23(26)30-19-12-28-22-20(13-29-21(19)22)31-24(27)18-7-5-4-6-17(18)14(2)25;1-13(25)16-7-2-3-8-17(16)23(27)34-19-12-31-20-18(11-30-21(19)20)33-22(26)15-6-4-5-14(9-15)10-32-24(28)29;1-13(25)15-7-4-5-9-17(15)23(27)34-19-12-31-20-18(11-30-21(19)20)33-22(26)16-8-3-2-6-14(16)10-32-24(28)29;/h4-11,19-22H,3,12-13H2,1-2H3;2*2-9,18-21H,10-12H2,1H3;1H4/t19-,20+,21-,22-;2*18-,19+,20-,21-;/m111./s1. The molecule has 6 aromatic carbocycles. The smallest absolute Gasteiger partial charge is 0.339 e. The van der Waals surface area contributed by atoms with Crippen molar-refractivity contribution in [3.8, 4) is 0 Å². The molecule has 0 aliphatic carbocycles. The lowest BCUT2D eigenvalue weighted by atomic mass is 10.0. The van der Waals surface area contributed by atoms with Crippen LogP contribution < -0.4 is 0 Å². The van der Waals surface area contributed by atoms with Crippen LogP contribution in [0.15, 0.2) is 146 Å². The highest BCUT2D eigenvalue weighted by atomic mass is 17.0. The summed E-state index contributed by atoms with van der Waals surface area (Å²) >= 11 is 0. The van der Waals surface area contributed by atoms with Gasteiger partial charge in [0.05, 0.1) is 73.0 Å². The van der Waals surface area contributed by atoms with E-state index in [0.29, 0.717) is 22.3 Å². The Morgan fingerprint density at radius 3 is 1.00 bits per heavy atom. The summed E-state index contributed by atoms with van der Waals surface area (Å²) in [6.07, 6.45) is -6.95. The van der Waals surface area contributed by atoms with E-state index >= 15 is 0 Å². The third-order valence-corrected chi connectivity index (χ3v) is 16.7. The summed E-state index contributed by atoms with van der Waals surface area (Å²) in [7, 11) is 0. The van der Waals surface area contributed by atoms with E-state index in [1.54, 1.807) is 97.1 Å². The fourth-order valence-corrected chi connectivity index (χ4v) is 11.8. The second kappa shape index (κ2) is 33.7. The van der Waals surface area contributed by atoms with Crippen LogP contribution in [0, 0.1) is 20.2 Å². The zero-order valence-electron chi connectivity index (χ0n) is 53.6. The van der Waals surface area contributed by atoms with Crippen LogP contribution in [0.1, 0.15) is 145 Å². The number of hydrogen-bond acceptors (Lipinski definition) is 27. The zero-order chi connectivity index (χ0) is 70.4. The molecule has 0 amide bonds. The van der Waals surface area contributed by atoms with E-state index < -0.39 is 126 Å². The first kappa shape index (κ1) is 73.6. The molecule has 29 heteroatoms. The summed E-state index contributed by atoms with van der Waals surface area (Å²) in [6, 6.07) is 38.8. The van der Waals surface area contributed by atoms with Crippen LogP contribution in [0.2, 0.25) is 0 Å². The van der Waals surface area contributed by atoms with Gasteiger partial charge in [0.25, 0.3) is 10.2 Å². The maximum atomic E-state index is 12.7. The van der Waals surface area contributed by atoms with Gasteiger partial charge in [0, 0.05) is 16.7 Å². The van der Waals surface area contributed by atoms with E-state index in [1.807, 2.05) is 19.1 Å². The Morgan fingerprint density at radius 2 is 0.660 bits per heavy atom.